The molecule has 20 heavy (non-hydrogen) atoms. The predicted molar refractivity (Wildman–Crippen MR) is 79.1 cm³/mol. The van der Waals surface area contributed by atoms with Crippen LogP contribution in [0.25, 0.3) is 0 Å². The van der Waals surface area contributed by atoms with E-state index < -0.39 is 0 Å². The molecule has 0 atom stereocenters. The molecule has 3 rings (SSSR count). The van der Waals surface area contributed by atoms with Crippen molar-refractivity contribution in [1.29, 1.82) is 0 Å². The van der Waals surface area contributed by atoms with E-state index in [0.717, 1.165) is 29.4 Å². The van der Waals surface area contributed by atoms with Gasteiger partial charge in [-0.2, -0.15) is 5.10 Å². The summed E-state index contributed by atoms with van der Waals surface area (Å²) in [6.07, 6.45) is 4.57. The fourth-order valence-corrected chi connectivity index (χ4v) is 3.60. The van der Waals surface area contributed by atoms with Crippen LogP contribution in [0.4, 0.5) is 5.13 Å². The maximum Gasteiger partial charge on any atom is 0.247 e. The molecule has 0 aliphatic heterocycles. The Morgan fingerprint density at radius 1 is 1.40 bits per heavy atom. The summed E-state index contributed by atoms with van der Waals surface area (Å²) in [4.78, 5) is 17.9. The lowest BCUT2D eigenvalue weighted by molar-refractivity contribution is -0.116. The molecular weight excluding hydrogens is 272 g/mol. The molecule has 0 radical (unpaired) electrons. The van der Waals surface area contributed by atoms with Crippen LogP contribution in [-0.2, 0) is 24.2 Å². The van der Waals surface area contributed by atoms with Crippen LogP contribution in [0.15, 0.2) is 6.07 Å². The molecule has 1 aliphatic rings. The number of rotatable bonds is 3. The molecule has 0 spiro atoms. The van der Waals surface area contributed by atoms with E-state index in [-0.39, 0.29) is 12.5 Å². The summed E-state index contributed by atoms with van der Waals surface area (Å²) in [7, 11) is 0. The molecule has 0 saturated heterocycles. The number of nitrogens with zero attached hydrogens (tertiary/aromatic N) is 3. The lowest BCUT2D eigenvalue weighted by atomic mass is 10.0. The third kappa shape index (κ3) is 2.75. The van der Waals surface area contributed by atoms with Crippen LogP contribution in [0, 0.1) is 13.8 Å². The standard InChI is InChI=1S/C14H18N4OS/c1-9-7-10(2)18(17-9)8-13(19)16-14-15-11-5-3-4-6-12(11)20-14/h7H,3-6,8H2,1-2H3,(H,15,16,19). The highest BCUT2D eigenvalue weighted by Gasteiger charge is 2.16. The molecule has 2 heterocycles. The Hall–Kier alpha value is -1.69. The molecule has 2 aromatic rings. The van der Waals surface area contributed by atoms with Gasteiger partial charge in [-0.3, -0.25) is 9.48 Å². The molecule has 2 aromatic heterocycles. The van der Waals surface area contributed by atoms with Gasteiger partial charge in [0.1, 0.15) is 6.54 Å². The first-order valence-corrected chi connectivity index (χ1v) is 7.73. The molecule has 0 fully saturated rings. The first kappa shape index (κ1) is 13.3. The second kappa shape index (κ2) is 5.36. The second-order valence-corrected chi connectivity index (χ2v) is 6.31. The Balaban J connectivity index is 1.67. The van der Waals surface area contributed by atoms with Crippen molar-refractivity contribution in [2.24, 2.45) is 0 Å². The lowest BCUT2D eigenvalue weighted by Crippen LogP contribution is -2.20. The van der Waals surface area contributed by atoms with E-state index in [1.54, 1.807) is 16.0 Å². The molecule has 6 heteroatoms. The highest BCUT2D eigenvalue weighted by molar-refractivity contribution is 7.15. The predicted octanol–water partition coefficient (Wildman–Crippen LogP) is 2.47. The summed E-state index contributed by atoms with van der Waals surface area (Å²) in [5.74, 6) is -0.0673. The first-order valence-electron chi connectivity index (χ1n) is 6.91. The Bertz CT molecular complexity index is 620. The van der Waals surface area contributed by atoms with Crippen molar-refractivity contribution in [1.82, 2.24) is 14.8 Å². The van der Waals surface area contributed by atoms with Crippen molar-refractivity contribution in [2.75, 3.05) is 5.32 Å². The molecule has 106 valence electrons. The van der Waals surface area contributed by atoms with Crippen molar-refractivity contribution in [2.45, 2.75) is 46.1 Å². The summed E-state index contributed by atoms with van der Waals surface area (Å²) < 4.78 is 1.72. The molecule has 0 bridgehead atoms. The number of amides is 1. The maximum absolute atomic E-state index is 12.1. The highest BCUT2D eigenvalue weighted by Crippen LogP contribution is 2.29. The molecule has 0 saturated carbocycles. The zero-order chi connectivity index (χ0) is 14.1. The van der Waals surface area contributed by atoms with E-state index in [4.69, 9.17) is 0 Å². The quantitative estimate of drug-likeness (QED) is 0.944. The number of fused-ring (bicyclic) bond motifs is 1. The zero-order valence-corrected chi connectivity index (χ0v) is 12.6. The fourth-order valence-electron chi connectivity index (χ4n) is 2.54. The van der Waals surface area contributed by atoms with Gasteiger partial charge >= 0.3 is 0 Å². The topological polar surface area (TPSA) is 59.8 Å². The number of carbonyl (C=O) groups is 1. The Morgan fingerprint density at radius 3 is 2.90 bits per heavy atom. The maximum atomic E-state index is 12.1. The Kier molecular flexibility index (Phi) is 3.56. The number of aromatic nitrogens is 3. The van der Waals surface area contributed by atoms with E-state index in [1.165, 1.54) is 23.4 Å². The van der Waals surface area contributed by atoms with Gasteiger partial charge in [0, 0.05) is 10.6 Å². The van der Waals surface area contributed by atoms with Gasteiger partial charge in [-0.1, -0.05) is 0 Å². The van der Waals surface area contributed by atoms with Gasteiger partial charge in [-0.15, -0.1) is 11.3 Å². The average molecular weight is 290 g/mol. The van der Waals surface area contributed by atoms with Gasteiger partial charge in [0.2, 0.25) is 5.91 Å². The number of anilines is 1. The molecule has 5 nitrogen and oxygen atoms in total. The fraction of sp³-hybridized carbons (Fsp3) is 0.500. The molecule has 1 aliphatic carbocycles. The number of aryl methyl sites for hydroxylation is 4. The Labute approximate surface area is 122 Å². The summed E-state index contributed by atoms with van der Waals surface area (Å²) in [5, 5.41) is 7.91. The Morgan fingerprint density at radius 2 is 2.20 bits per heavy atom. The monoisotopic (exact) mass is 290 g/mol. The smallest absolute Gasteiger partial charge is 0.247 e. The number of nitrogens with one attached hydrogen (secondary N) is 1. The van der Waals surface area contributed by atoms with Crippen molar-refractivity contribution in [3.05, 3.63) is 28.0 Å². The zero-order valence-electron chi connectivity index (χ0n) is 11.8. The number of hydrogen-bond acceptors (Lipinski definition) is 4. The second-order valence-electron chi connectivity index (χ2n) is 5.23. The minimum Gasteiger partial charge on any atom is -0.300 e. The summed E-state index contributed by atoms with van der Waals surface area (Å²) in [6, 6.07) is 1.97. The van der Waals surface area contributed by atoms with Crippen molar-refractivity contribution in [3.63, 3.8) is 0 Å². The van der Waals surface area contributed by atoms with Gasteiger partial charge in [-0.25, -0.2) is 4.98 Å². The van der Waals surface area contributed by atoms with Crippen molar-refractivity contribution >= 4 is 22.4 Å². The minimum atomic E-state index is -0.0673. The van der Waals surface area contributed by atoms with Crippen molar-refractivity contribution < 1.29 is 4.79 Å². The van der Waals surface area contributed by atoms with E-state index in [0.29, 0.717) is 0 Å². The summed E-state index contributed by atoms with van der Waals surface area (Å²) >= 11 is 1.61. The van der Waals surface area contributed by atoms with Crippen LogP contribution in [0.2, 0.25) is 0 Å². The van der Waals surface area contributed by atoms with E-state index in [9.17, 15) is 4.79 Å². The highest BCUT2D eigenvalue weighted by atomic mass is 32.1. The van der Waals surface area contributed by atoms with Crippen LogP contribution in [0.5, 0.6) is 0 Å². The number of carbonyl (C=O) groups excluding carboxylic acids is 1. The van der Waals surface area contributed by atoms with Crippen LogP contribution in [0.3, 0.4) is 0 Å². The summed E-state index contributed by atoms with van der Waals surface area (Å²) in [6.45, 7) is 4.12. The summed E-state index contributed by atoms with van der Waals surface area (Å²) in [5.41, 5.74) is 3.10. The van der Waals surface area contributed by atoms with Gasteiger partial charge < -0.3 is 5.32 Å². The third-order valence-electron chi connectivity index (χ3n) is 3.49. The van der Waals surface area contributed by atoms with E-state index in [2.05, 4.69) is 15.4 Å². The van der Waals surface area contributed by atoms with Gasteiger partial charge in [0.15, 0.2) is 5.13 Å². The van der Waals surface area contributed by atoms with Gasteiger partial charge in [0.25, 0.3) is 0 Å². The molecule has 0 aromatic carbocycles. The van der Waals surface area contributed by atoms with Crippen LogP contribution >= 0.6 is 11.3 Å². The SMILES string of the molecule is Cc1cc(C)n(CC(=O)Nc2nc3c(s2)CCCC3)n1. The molecule has 0 unspecified atom stereocenters. The van der Waals surface area contributed by atoms with Crippen LogP contribution in [-0.4, -0.2) is 20.7 Å². The molecular formula is C14H18N4OS. The third-order valence-corrected chi connectivity index (χ3v) is 4.56. The van der Waals surface area contributed by atoms with E-state index in [1.807, 2.05) is 19.9 Å². The number of thiazole rings is 1. The van der Waals surface area contributed by atoms with E-state index >= 15 is 0 Å². The molecule has 1 N–H and O–H groups in total. The van der Waals surface area contributed by atoms with Crippen molar-refractivity contribution in [3.8, 4) is 0 Å². The van der Waals surface area contributed by atoms with Gasteiger partial charge in [0.05, 0.1) is 11.4 Å². The van der Waals surface area contributed by atoms with Gasteiger partial charge in [-0.05, 0) is 45.6 Å². The average Bonchev–Trinajstić information content (AvgIpc) is 2.92. The minimum absolute atomic E-state index is 0.0673. The normalized spacial score (nSPS) is 14.1. The largest absolute Gasteiger partial charge is 0.300 e. The number of hydrogen-bond donors (Lipinski definition) is 1. The van der Waals surface area contributed by atoms with Crippen LogP contribution < -0.4 is 5.32 Å². The first-order chi connectivity index (χ1) is 9.61. The van der Waals surface area contributed by atoms with Crippen LogP contribution in [0.1, 0.15) is 34.8 Å². The lowest BCUT2D eigenvalue weighted by Gasteiger charge is -2.06. The molecule has 1 amide bonds.